The van der Waals surface area contributed by atoms with Crippen LogP contribution in [0.4, 0.5) is 0 Å². The van der Waals surface area contributed by atoms with Gasteiger partial charge in [0, 0.05) is 6.04 Å². The second-order valence-electron chi connectivity index (χ2n) is 4.75. The molecule has 1 N–H and O–H groups in total. The molecule has 1 aromatic heterocycles. The standard InChI is InChI=1S/C12H21N3O/c1-10(2)15-8-12(7-14-15)16-9-11-3-5-13-6-4-11/h7-8,10-11,13H,3-6,9H2,1-2H3. The molecule has 2 rings (SSSR count). The molecule has 0 aliphatic carbocycles. The smallest absolute Gasteiger partial charge is 0.157 e. The molecule has 0 amide bonds. The Kier molecular flexibility index (Phi) is 3.83. The summed E-state index contributed by atoms with van der Waals surface area (Å²) in [7, 11) is 0. The molecule has 0 radical (unpaired) electrons. The van der Waals surface area contributed by atoms with Gasteiger partial charge in [0.05, 0.1) is 19.0 Å². The lowest BCUT2D eigenvalue weighted by Crippen LogP contribution is -2.30. The molecule has 0 unspecified atom stereocenters. The van der Waals surface area contributed by atoms with E-state index < -0.39 is 0 Å². The molecule has 2 heterocycles. The van der Waals surface area contributed by atoms with E-state index in [9.17, 15) is 0 Å². The minimum atomic E-state index is 0.399. The monoisotopic (exact) mass is 223 g/mol. The Morgan fingerprint density at radius 2 is 2.25 bits per heavy atom. The van der Waals surface area contributed by atoms with Crippen LogP contribution in [0, 0.1) is 5.92 Å². The van der Waals surface area contributed by atoms with Gasteiger partial charge in [0.15, 0.2) is 5.75 Å². The van der Waals surface area contributed by atoms with Crippen LogP contribution in [0.2, 0.25) is 0 Å². The topological polar surface area (TPSA) is 39.1 Å². The summed E-state index contributed by atoms with van der Waals surface area (Å²) in [5.41, 5.74) is 0. The van der Waals surface area contributed by atoms with E-state index in [4.69, 9.17) is 4.74 Å². The predicted octanol–water partition coefficient (Wildman–Crippen LogP) is 1.84. The molecular formula is C12H21N3O. The SMILES string of the molecule is CC(C)n1cc(OCC2CCNCC2)cn1. The van der Waals surface area contributed by atoms with Gasteiger partial charge in [-0.15, -0.1) is 0 Å². The first-order chi connectivity index (χ1) is 7.75. The van der Waals surface area contributed by atoms with Crippen LogP contribution < -0.4 is 10.1 Å². The molecule has 1 aliphatic heterocycles. The number of hydrogen-bond acceptors (Lipinski definition) is 3. The molecular weight excluding hydrogens is 202 g/mol. The lowest BCUT2D eigenvalue weighted by Gasteiger charge is -2.22. The number of ether oxygens (including phenoxy) is 1. The Morgan fingerprint density at radius 3 is 2.88 bits per heavy atom. The highest BCUT2D eigenvalue weighted by Gasteiger charge is 2.14. The summed E-state index contributed by atoms with van der Waals surface area (Å²) in [6.45, 7) is 7.30. The molecule has 90 valence electrons. The molecule has 0 spiro atoms. The van der Waals surface area contributed by atoms with Crippen molar-refractivity contribution in [3.8, 4) is 5.75 Å². The van der Waals surface area contributed by atoms with Gasteiger partial charge in [-0.1, -0.05) is 0 Å². The molecule has 16 heavy (non-hydrogen) atoms. The number of nitrogens with zero attached hydrogens (tertiary/aromatic N) is 2. The first-order valence-electron chi connectivity index (χ1n) is 6.13. The van der Waals surface area contributed by atoms with Crippen LogP contribution in [0.5, 0.6) is 5.75 Å². The van der Waals surface area contributed by atoms with Crippen molar-refractivity contribution in [1.82, 2.24) is 15.1 Å². The van der Waals surface area contributed by atoms with Gasteiger partial charge in [0.1, 0.15) is 0 Å². The normalized spacial score (nSPS) is 17.9. The Morgan fingerprint density at radius 1 is 1.50 bits per heavy atom. The van der Waals surface area contributed by atoms with Crippen LogP contribution in [0.1, 0.15) is 32.7 Å². The summed E-state index contributed by atoms with van der Waals surface area (Å²) in [5, 5.41) is 7.62. The third-order valence-electron chi connectivity index (χ3n) is 3.05. The van der Waals surface area contributed by atoms with Crippen molar-refractivity contribution in [1.29, 1.82) is 0 Å². The summed E-state index contributed by atoms with van der Waals surface area (Å²) in [5.74, 6) is 1.59. The van der Waals surface area contributed by atoms with E-state index in [-0.39, 0.29) is 0 Å². The lowest BCUT2D eigenvalue weighted by atomic mass is 9.99. The van der Waals surface area contributed by atoms with E-state index in [0.717, 1.165) is 25.4 Å². The summed E-state index contributed by atoms with van der Waals surface area (Å²) in [4.78, 5) is 0. The fourth-order valence-corrected chi connectivity index (χ4v) is 1.94. The van der Waals surface area contributed by atoms with Crippen molar-refractivity contribution in [2.75, 3.05) is 19.7 Å². The van der Waals surface area contributed by atoms with Crippen LogP contribution in [0.25, 0.3) is 0 Å². The minimum Gasteiger partial charge on any atom is -0.490 e. The highest BCUT2D eigenvalue weighted by Crippen LogP contribution is 2.16. The van der Waals surface area contributed by atoms with Gasteiger partial charge < -0.3 is 10.1 Å². The summed E-state index contributed by atoms with van der Waals surface area (Å²) >= 11 is 0. The summed E-state index contributed by atoms with van der Waals surface area (Å²) < 4.78 is 7.69. The molecule has 1 saturated heterocycles. The molecule has 0 saturated carbocycles. The van der Waals surface area contributed by atoms with E-state index in [1.807, 2.05) is 10.9 Å². The van der Waals surface area contributed by atoms with Crippen LogP contribution in [0.3, 0.4) is 0 Å². The van der Waals surface area contributed by atoms with Crippen molar-refractivity contribution < 1.29 is 4.74 Å². The zero-order valence-corrected chi connectivity index (χ0v) is 10.1. The molecule has 4 nitrogen and oxygen atoms in total. The third kappa shape index (κ3) is 2.98. The van der Waals surface area contributed by atoms with Gasteiger partial charge in [0.25, 0.3) is 0 Å². The molecule has 1 aliphatic rings. The van der Waals surface area contributed by atoms with Crippen molar-refractivity contribution in [3.63, 3.8) is 0 Å². The quantitative estimate of drug-likeness (QED) is 0.846. The van der Waals surface area contributed by atoms with E-state index >= 15 is 0 Å². The number of aromatic nitrogens is 2. The molecule has 0 atom stereocenters. The number of hydrogen-bond donors (Lipinski definition) is 1. The molecule has 0 aromatic carbocycles. The van der Waals surface area contributed by atoms with Crippen molar-refractivity contribution in [3.05, 3.63) is 12.4 Å². The fourth-order valence-electron chi connectivity index (χ4n) is 1.94. The van der Waals surface area contributed by atoms with E-state index in [0.29, 0.717) is 12.0 Å². The first kappa shape index (κ1) is 11.5. The maximum Gasteiger partial charge on any atom is 0.157 e. The minimum absolute atomic E-state index is 0.399. The maximum absolute atomic E-state index is 5.77. The summed E-state index contributed by atoms with van der Waals surface area (Å²) in [6, 6.07) is 0.399. The number of piperidine rings is 1. The molecule has 4 heteroatoms. The van der Waals surface area contributed by atoms with Crippen molar-refractivity contribution in [2.24, 2.45) is 5.92 Å². The number of nitrogens with one attached hydrogen (secondary N) is 1. The van der Waals surface area contributed by atoms with E-state index in [2.05, 4.69) is 24.3 Å². The van der Waals surface area contributed by atoms with Crippen molar-refractivity contribution >= 4 is 0 Å². The Balaban J connectivity index is 1.79. The van der Waals surface area contributed by atoms with Gasteiger partial charge in [-0.05, 0) is 45.7 Å². The fraction of sp³-hybridized carbons (Fsp3) is 0.750. The lowest BCUT2D eigenvalue weighted by molar-refractivity contribution is 0.215. The Hall–Kier alpha value is -1.03. The zero-order valence-electron chi connectivity index (χ0n) is 10.1. The van der Waals surface area contributed by atoms with Crippen LogP contribution in [0.15, 0.2) is 12.4 Å². The van der Waals surface area contributed by atoms with Crippen LogP contribution in [-0.2, 0) is 0 Å². The Labute approximate surface area is 97.0 Å². The van der Waals surface area contributed by atoms with Gasteiger partial charge in [-0.3, -0.25) is 4.68 Å². The second kappa shape index (κ2) is 5.34. The number of rotatable bonds is 4. The highest BCUT2D eigenvalue weighted by atomic mass is 16.5. The largest absolute Gasteiger partial charge is 0.490 e. The first-order valence-corrected chi connectivity index (χ1v) is 6.13. The average molecular weight is 223 g/mol. The average Bonchev–Trinajstić information content (AvgIpc) is 2.76. The van der Waals surface area contributed by atoms with Crippen molar-refractivity contribution in [2.45, 2.75) is 32.7 Å². The van der Waals surface area contributed by atoms with Gasteiger partial charge in [-0.2, -0.15) is 5.10 Å². The third-order valence-corrected chi connectivity index (χ3v) is 3.05. The van der Waals surface area contributed by atoms with Crippen LogP contribution in [-0.4, -0.2) is 29.5 Å². The predicted molar refractivity (Wildman–Crippen MR) is 63.7 cm³/mol. The van der Waals surface area contributed by atoms with Gasteiger partial charge >= 0.3 is 0 Å². The summed E-state index contributed by atoms with van der Waals surface area (Å²) in [6.07, 6.45) is 6.23. The zero-order chi connectivity index (χ0) is 11.4. The van der Waals surface area contributed by atoms with E-state index in [1.165, 1.54) is 12.8 Å². The van der Waals surface area contributed by atoms with Crippen LogP contribution >= 0.6 is 0 Å². The van der Waals surface area contributed by atoms with Gasteiger partial charge in [0.2, 0.25) is 0 Å². The molecule has 1 aromatic rings. The molecule has 0 bridgehead atoms. The van der Waals surface area contributed by atoms with E-state index in [1.54, 1.807) is 6.20 Å². The molecule has 1 fully saturated rings. The highest BCUT2D eigenvalue weighted by molar-refractivity contribution is 5.12. The maximum atomic E-state index is 5.77. The Bertz CT molecular complexity index is 316. The van der Waals surface area contributed by atoms with Gasteiger partial charge in [-0.25, -0.2) is 0 Å². The second-order valence-corrected chi connectivity index (χ2v) is 4.75.